The topological polar surface area (TPSA) is 89.7 Å². The first-order valence-electron chi connectivity index (χ1n) is 6.34. The molecule has 7 heteroatoms. The number of hydrogen-bond donors (Lipinski definition) is 1. The Bertz CT molecular complexity index is 557. The van der Waals surface area contributed by atoms with Crippen LogP contribution >= 0.6 is 0 Å². The van der Waals surface area contributed by atoms with E-state index in [1.165, 1.54) is 4.31 Å². The Hall–Kier alpha value is -1.76. The van der Waals surface area contributed by atoms with E-state index < -0.39 is 15.9 Å². The number of carbonyl (C=O) groups excluding carboxylic acids is 1. The third-order valence-corrected chi connectivity index (χ3v) is 3.80. The second kappa shape index (κ2) is 7.14. The molecular formula is C13H20N2O4S. The van der Waals surface area contributed by atoms with Crippen LogP contribution in [0, 0.1) is 0 Å². The lowest BCUT2D eigenvalue weighted by atomic mass is 10.2. The predicted molar refractivity (Wildman–Crippen MR) is 78.2 cm³/mol. The van der Waals surface area contributed by atoms with Gasteiger partial charge in [0.1, 0.15) is 5.75 Å². The van der Waals surface area contributed by atoms with Crippen LogP contribution in [0.1, 0.15) is 19.8 Å². The molecule has 1 rings (SSSR count). The fourth-order valence-electron chi connectivity index (χ4n) is 1.80. The molecule has 2 N–H and O–H groups in total. The van der Waals surface area contributed by atoms with Crippen LogP contribution in [0.3, 0.4) is 0 Å². The Morgan fingerprint density at radius 3 is 2.55 bits per heavy atom. The third kappa shape index (κ3) is 4.73. The quantitative estimate of drug-likeness (QED) is 0.779. The Kier molecular flexibility index (Phi) is 5.82. The number of nitrogens with two attached hydrogens (primary N) is 1. The maximum absolute atomic E-state index is 11.9. The maximum Gasteiger partial charge on any atom is 0.232 e. The standard InChI is InChI=1S/C13H20N2O4S/c1-3-19-12-8-5-4-7-11(12)15(20(2,17)18)10-6-9-13(14)16/h4-5,7-8H,3,6,9-10H2,1-2H3,(H2,14,16). The van der Waals surface area contributed by atoms with Crippen molar-refractivity contribution in [1.82, 2.24) is 0 Å². The van der Waals surface area contributed by atoms with Crippen molar-refractivity contribution in [3.8, 4) is 5.75 Å². The molecule has 0 unspecified atom stereocenters. The largest absolute Gasteiger partial charge is 0.492 e. The molecule has 112 valence electrons. The minimum Gasteiger partial charge on any atom is -0.492 e. The number of carbonyl (C=O) groups is 1. The van der Waals surface area contributed by atoms with E-state index in [1.54, 1.807) is 24.3 Å². The van der Waals surface area contributed by atoms with Crippen molar-refractivity contribution in [2.75, 3.05) is 23.7 Å². The molecule has 0 atom stereocenters. The Morgan fingerprint density at radius 2 is 2.00 bits per heavy atom. The summed E-state index contributed by atoms with van der Waals surface area (Å²) in [5.74, 6) is 0.0519. The highest BCUT2D eigenvalue weighted by molar-refractivity contribution is 7.92. The van der Waals surface area contributed by atoms with Gasteiger partial charge in [0.2, 0.25) is 15.9 Å². The molecule has 6 nitrogen and oxygen atoms in total. The van der Waals surface area contributed by atoms with Gasteiger partial charge in [0.05, 0.1) is 18.6 Å². The zero-order valence-corrected chi connectivity index (χ0v) is 12.5. The van der Waals surface area contributed by atoms with Crippen molar-refractivity contribution in [3.05, 3.63) is 24.3 Å². The van der Waals surface area contributed by atoms with Crippen LogP contribution < -0.4 is 14.8 Å². The van der Waals surface area contributed by atoms with Gasteiger partial charge in [-0.3, -0.25) is 9.10 Å². The Balaban J connectivity index is 3.02. The second-order valence-electron chi connectivity index (χ2n) is 4.31. The van der Waals surface area contributed by atoms with Gasteiger partial charge < -0.3 is 10.5 Å². The molecule has 0 saturated carbocycles. The summed E-state index contributed by atoms with van der Waals surface area (Å²) in [7, 11) is -3.46. The van der Waals surface area contributed by atoms with Crippen molar-refractivity contribution < 1.29 is 17.9 Å². The van der Waals surface area contributed by atoms with Crippen LogP contribution in [-0.2, 0) is 14.8 Å². The minimum absolute atomic E-state index is 0.142. The van der Waals surface area contributed by atoms with Gasteiger partial charge in [-0.25, -0.2) is 8.42 Å². The first-order valence-corrected chi connectivity index (χ1v) is 8.19. The summed E-state index contributed by atoms with van der Waals surface area (Å²) in [6.07, 6.45) is 1.63. The molecule has 0 radical (unpaired) electrons. The van der Waals surface area contributed by atoms with Gasteiger partial charge in [-0.05, 0) is 25.5 Å². The van der Waals surface area contributed by atoms with Crippen LogP contribution in [0.4, 0.5) is 5.69 Å². The van der Waals surface area contributed by atoms with Crippen LogP contribution in [0.2, 0.25) is 0 Å². The highest BCUT2D eigenvalue weighted by Gasteiger charge is 2.20. The fraction of sp³-hybridized carbons (Fsp3) is 0.462. The molecule has 0 aliphatic heterocycles. The summed E-state index contributed by atoms with van der Waals surface area (Å²) in [6, 6.07) is 6.91. The molecule has 0 heterocycles. The normalized spacial score (nSPS) is 11.1. The van der Waals surface area contributed by atoms with E-state index >= 15 is 0 Å². The van der Waals surface area contributed by atoms with E-state index in [0.717, 1.165) is 6.26 Å². The molecule has 0 aromatic heterocycles. The number of ether oxygens (including phenoxy) is 1. The van der Waals surface area contributed by atoms with Gasteiger partial charge >= 0.3 is 0 Å². The van der Waals surface area contributed by atoms with Gasteiger partial charge in [-0.2, -0.15) is 0 Å². The molecular weight excluding hydrogens is 280 g/mol. The molecule has 0 aliphatic carbocycles. The first kappa shape index (κ1) is 16.3. The number of hydrogen-bond acceptors (Lipinski definition) is 4. The van der Waals surface area contributed by atoms with Crippen LogP contribution in [-0.4, -0.2) is 33.7 Å². The Labute approximate surface area is 119 Å². The molecule has 0 aliphatic rings. The summed E-state index contributed by atoms with van der Waals surface area (Å²) in [5.41, 5.74) is 5.55. The minimum atomic E-state index is -3.46. The molecule has 20 heavy (non-hydrogen) atoms. The number of nitrogens with zero attached hydrogens (tertiary/aromatic N) is 1. The van der Waals surface area contributed by atoms with Crippen molar-refractivity contribution >= 4 is 21.6 Å². The zero-order valence-electron chi connectivity index (χ0n) is 11.7. The summed E-state index contributed by atoms with van der Waals surface area (Å²) in [4.78, 5) is 10.8. The number of para-hydroxylation sites is 2. The number of amides is 1. The van der Waals surface area contributed by atoms with E-state index in [9.17, 15) is 13.2 Å². The SMILES string of the molecule is CCOc1ccccc1N(CCCC(N)=O)S(C)(=O)=O. The van der Waals surface area contributed by atoms with Crippen LogP contribution in [0.5, 0.6) is 5.75 Å². The molecule has 1 aromatic carbocycles. The number of sulfonamides is 1. The van der Waals surface area contributed by atoms with E-state index in [4.69, 9.17) is 10.5 Å². The van der Waals surface area contributed by atoms with Crippen molar-refractivity contribution in [3.63, 3.8) is 0 Å². The van der Waals surface area contributed by atoms with Gasteiger partial charge in [0.25, 0.3) is 0 Å². The second-order valence-corrected chi connectivity index (χ2v) is 6.21. The number of benzene rings is 1. The molecule has 0 fully saturated rings. The zero-order chi connectivity index (χ0) is 15.2. The number of primary amides is 1. The molecule has 1 amide bonds. The van der Waals surface area contributed by atoms with Crippen molar-refractivity contribution in [2.45, 2.75) is 19.8 Å². The fourth-order valence-corrected chi connectivity index (χ4v) is 2.77. The summed E-state index contributed by atoms with van der Waals surface area (Å²) in [5, 5.41) is 0. The lowest BCUT2D eigenvalue weighted by Crippen LogP contribution is -2.32. The van der Waals surface area contributed by atoms with Gasteiger partial charge in [0.15, 0.2) is 0 Å². The number of anilines is 1. The smallest absolute Gasteiger partial charge is 0.232 e. The van der Waals surface area contributed by atoms with E-state index in [0.29, 0.717) is 24.5 Å². The lowest BCUT2D eigenvalue weighted by molar-refractivity contribution is -0.118. The van der Waals surface area contributed by atoms with Gasteiger partial charge in [0, 0.05) is 13.0 Å². The van der Waals surface area contributed by atoms with E-state index in [2.05, 4.69) is 0 Å². The van der Waals surface area contributed by atoms with Gasteiger partial charge in [-0.15, -0.1) is 0 Å². The van der Waals surface area contributed by atoms with Gasteiger partial charge in [-0.1, -0.05) is 12.1 Å². The molecule has 0 spiro atoms. The molecule has 1 aromatic rings. The Morgan fingerprint density at radius 1 is 1.35 bits per heavy atom. The van der Waals surface area contributed by atoms with E-state index in [-0.39, 0.29) is 13.0 Å². The molecule has 0 bridgehead atoms. The van der Waals surface area contributed by atoms with Crippen molar-refractivity contribution in [2.24, 2.45) is 5.73 Å². The van der Waals surface area contributed by atoms with Crippen molar-refractivity contribution in [1.29, 1.82) is 0 Å². The van der Waals surface area contributed by atoms with Crippen LogP contribution in [0.15, 0.2) is 24.3 Å². The molecule has 0 saturated heterocycles. The average Bonchev–Trinajstić information content (AvgIpc) is 2.34. The van der Waals surface area contributed by atoms with Crippen LogP contribution in [0.25, 0.3) is 0 Å². The highest BCUT2D eigenvalue weighted by Crippen LogP contribution is 2.30. The first-order chi connectivity index (χ1) is 9.36. The van der Waals surface area contributed by atoms with E-state index in [1.807, 2.05) is 6.92 Å². The average molecular weight is 300 g/mol. The summed E-state index contributed by atoms with van der Waals surface area (Å²) < 4.78 is 30.5. The lowest BCUT2D eigenvalue weighted by Gasteiger charge is -2.24. The monoisotopic (exact) mass is 300 g/mol. The highest BCUT2D eigenvalue weighted by atomic mass is 32.2. The third-order valence-electron chi connectivity index (χ3n) is 2.62. The summed E-state index contributed by atoms with van der Waals surface area (Å²) >= 11 is 0. The maximum atomic E-state index is 11.9. The predicted octanol–water partition coefficient (Wildman–Crippen LogP) is 1.12. The number of rotatable bonds is 8. The summed E-state index contributed by atoms with van der Waals surface area (Å²) in [6.45, 7) is 2.45.